The highest BCUT2D eigenvalue weighted by atomic mass is 15.1. The van der Waals surface area contributed by atoms with Crippen molar-refractivity contribution < 1.29 is 0 Å². The molecule has 2 heteroatoms. The molecule has 11 aromatic carbocycles. The molecule has 2 nitrogen and oxygen atoms in total. The molecule has 0 radical (unpaired) electrons. The van der Waals surface area contributed by atoms with Gasteiger partial charge in [0.1, 0.15) is 0 Å². The van der Waals surface area contributed by atoms with Crippen molar-refractivity contribution in [2.24, 2.45) is 0 Å². The molecule has 2 aliphatic carbocycles. The average molecular weight is 1060 g/mol. The van der Waals surface area contributed by atoms with E-state index in [-0.39, 0.29) is 10.8 Å². The summed E-state index contributed by atoms with van der Waals surface area (Å²) < 4.78 is 0. The predicted molar refractivity (Wildman–Crippen MR) is 351 cm³/mol. The van der Waals surface area contributed by atoms with Crippen LogP contribution in [0.3, 0.4) is 0 Å². The first-order valence-corrected chi connectivity index (χ1v) is 28.9. The maximum absolute atomic E-state index is 2.43. The Bertz CT molecular complexity index is 3990. The van der Waals surface area contributed by atoms with E-state index in [0.29, 0.717) is 0 Å². The molecular weight excluding hydrogens is 989 g/mol. The third-order valence-corrected chi connectivity index (χ3v) is 17.1. The molecule has 0 atom stereocenters. The molecule has 0 saturated carbocycles. The van der Waals surface area contributed by atoms with Gasteiger partial charge in [-0.2, -0.15) is 0 Å². The lowest BCUT2D eigenvalue weighted by atomic mass is 9.81. The van der Waals surface area contributed by atoms with Gasteiger partial charge in [-0.15, -0.1) is 0 Å². The van der Waals surface area contributed by atoms with E-state index in [1.807, 2.05) is 0 Å². The van der Waals surface area contributed by atoms with Gasteiger partial charge >= 0.3 is 0 Å². The molecule has 0 aromatic heterocycles. The van der Waals surface area contributed by atoms with Crippen LogP contribution < -0.4 is 9.80 Å². The van der Waals surface area contributed by atoms with E-state index < -0.39 is 0 Å². The van der Waals surface area contributed by atoms with E-state index >= 15 is 0 Å². The molecule has 13 rings (SSSR count). The third-order valence-electron chi connectivity index (χ3n) is 17.1. The minimum absolute atomic E-state index is 0.194. The Hall–Kier alpha value is -9.50. The quantitative estimate of drug-likeness (QED) is 0.113. The van der Waals surface area contributed by atoms with E-state index in [1.54, 1.807) is 0 Å². The summed E-state index contributed by atoms with van der Waals surface area (Å²) in [7, 11) is 0. The summed E-state index contributed by atoms with van der Waals surface area (Å²) in [5.74, 6) is 0. The van der Waals surface area contributed by atoms with Crippen molar-refractivity contribution in [3.63, 3.8) is 0 Å². The van der Waals surface area contributed by atoms with Crippen molar-refractivity contribution >= 4 is 58.4 Å². The molecule has 2 aliphatic rings. The first kappa shape index (κ1) is 51.9. The Labute approximate surface area is 485 Å². The summed E-state index contributed by atoms with van der Waals surface area (Å²) in [5, 5.41) is 0. The summed E-state index contributed by atoms with van der Waals surface area (Å²) in [6.45, 7) is 18.3. The molecule has 82 heavy (non-hydrogen) atoms. The molecule has 0 spiro atoms. The van der Waals surface area contributed by atoms with Gasteiger partial charge in [0.2, 0.25) is 0 Å². The minimum Gasteiger partial charge on any atom is -0.310 e. The summed E-state index contributed by atoms with van der Waals surface area (Å²) in [6.07, 6.45) is 8.99. The van der Waals surface area contributed by atoms with Gasteiger partial charge in [0.15, 0.2) is 0 Å². The fourth-order valence-electron chi connectivity index (χ4n) is 13.0. The molecule has 0 amide bonds. The van der Waals surface area contributed by atoms with Crippen LogP contribution in [0, 0.1) is 27.7 Å². The highest BCUT2D eigenvalue weighted by molar-refractivity contribution is 5.90. The van der Waals surface area contributed by atoms with Crippen LogP contribution in [0.25, 0.3) is 68.8 Å². The topological polar surface area (TPSA) is 6.48 Å². The first-order valence-electron chi connectivity index (χ1n) is 28.9. The Morgan fingerprint density at radius 3 is 0.927 bits per heavy atom. The van der Waals surface area contributed by atoms with E-state index in [4.69, 9.17) is 0 Å². The van der Waals surface area contributed by atoms with Gasteiger partial charge in [-0.1, -0.05) is 222 Å². The van der Waals surface area contributed by atoms with Crippen LogP contribution in [0.15, 0.2) is 243 Å². The van der Waals surface area contributed by atoms with E-state index in [9.17, 15) is 0 Å². The van der Waals surface area contributed by atoms with Gasteiger partial charge in [-0.25, -0.2) is 0 Å². The second-order valence-electron chi connectivity index (χ2n) is 23.8. The van der Waals surface area contributed by atoms with Crippen LogP contribution in [0.4, 0.5) is 34.1 Å². The molecule has 0 saturated heterocycles. The largest absolute Gasteiger partial charge is 0.310 e. The van der Waals surface area contributed by atoms with Gasteiger partial charge in [0.25, 0.3) is 0 Å². The fourth-order valence-corrected chi connectivity index (χ4v) is 13.0. The Morgan fingerprint density at radius 2 is 0.549 bits per heavy atom. The van der Waals surface area contributed by atoms with Crippen molar-refractivity contribution in [2.75, 3.05) is 9.80 Å². The van der Waals surface area contributed by atoms with Crippen LogP contribution in [-0.2, 0) is 10.8 Å². The highest BCUT2D eigenvalue weighted by Gasteiger charge is 2.38. The summed E-state index contributed by atoms with van der Waals surface area (Å²) in [6, 6.07) is 90.0. The van der Waals surface area contributed by atoms with E-state index in [1.165, 1.54) is 111 Å². The lowest BCUT2D eigenvalue weighted by Gasteiger charge is -2.29. The van der Waals surface area contributed by atoms with E-state index in [0.717, 1.165) is 34.1 Å². The normalized spacial score (nSPS) is 13.5. The molecule has 0 heterocycles. The summed E-state index contributed by atoms with van der Waals surface area (Å²) in [5.41, 5.74) is 31.7. The zero-order valence-electron chi connectivity index (χ0n) is 48.3. The van der Waals surface area contributed by atoms with Gasteiger partial charge in [0, 0.05) is 45.0 Å². The standard InChI is InChI=1S/C80H68N2/c1-53-41-54(2)44-69(43-53)81(65-23-15-21-63(49-65)61-17-11-9-12-18-61)67-35-39-73-71-37-33-59(47-75(71)79(5,6)77(73)51-67)31-29-57-25-27-58(28-26-57)30-32-60-34-38-72-74-40-36-68(52-78(74)80(7,8)76(72)48-60)82(70-45-55(3)42-56(4)46-70)66-24-16-22-64(50-66)62-19-13-10-14-20-62/h9-52H,1-8H3/b31-29+,32-30+. The second kappa shape index (κ2) is 20.9. The lowest BCUT2D eigenvalue weighted by Crippen LogP contribution is -2.17. The lowest BCUT2D eigenvalue weighted by molar-refractivity contribution is 0.660. The number of fused-ring (bicyclic) bond motifs is 6. The van der Waals surface area contributed by atoms with Crippen molar-refractivity contribution in [2.45, 2.75) is 66.2 Å². The van der Waals surface area contributed by atoms with Crippen LogP contribution in [-0.4, -0.2) is 0 Å². The van der Waals surface area contributed by atoms with Crippen molar-refractivity contribution in [3.8, 4) is 44.5 Å². The molecule has 0 aliphatic heterocycles. The van der Waals surface area contributed by atoms with Crippen molar-refractivity contribution in [1.82, 2.24) is 0 Å². The van der Waals surface area contributed by atoms with E-state index in [2.05, 4.69) is 332 Å². The van der Waals surface area contributed by atoms with Gasteiger partial charge in [-0.05, 0) is 212 Å². The number of aryl methyl sites for hydroxylation is 4. The van der Waals surface area contributed by atoms with Gasteiger partial charge in [0.05, 0.1) is 0 Å². The summed E-state index contributed by atoms with van der Waals surface area (Å²) in [4.78, 5) is 4.86. The number of benzene rings is 11. The monoisotopic (exact) mass is 1060 g/mol. The van der Waals surface area contributed by atoms with Gasteiger partial charge in [-0.3, -0.25) is 0 Å². The molecule has 0 fully saturated rings. The Balaban J connectivity index is 0.725. The predicted octanol–water partition coefficient (Wildman–Crippen LogP) is 22.1. The van der Waals surface area contributed by atoms with Crippen LogP contribution >= 0.6 is 0 Å². The zero-order chi connectivity index (χ0) is 56.3. The molecule has 0 bridgehead atoms. The van der Waals surface area contributed by atoms with Crippen molar-refractivity contribution in [1.29, 1.82) is 0 Å². The molecule has 398 valence electrons. The highest BCUT2D eigenvalue weighted by Crippen LogP contribution is 2.53. The fraction of sp³-hybridized carbons (Fsp3) is 0.125. The maximum Gasteiger partial charge on any atom is 0.0467 e. The Kier molecular flexibility index (Phi) is 13.2. The number of hydrogen-bond acceptors (Lipinski definition) is 2. The van der Waals surface area contributed by atoms with Crippen LogP contribution in [0.5, 0.6) is 0 Å². The number of anilines is 6. The maximum atomic E-state index is 2.43. The Morgan fingerprint density at radius 1 is 0.244 bits per heavy atom. The first-order chi connectivity index (χ1) is 39.7. The number of rotatable bonds is 12. The number of hydrogen-bond donors (Lipinski definition) is 0. The van der Waals surface area contributed by atoms with Crippen molar-refractivity contribution in [3.05, 3.63) is 309 Å². The molecule has 0 N–H and O–H groups in total. The molecule has 0 unspecified atom stereocenters. The zero-order valence-corrected chi connectivity index (χ0v) is 48.3. The average Bonchev–Trinajstić information content (AvgIpc) is 2.34. The van der Waals surface area contributed by atoms with Crippen LogP contribution in [0.2, 0.25) is 0 Å². The summed E-state index contributed by atoms with van der Waals surface area (Å²) >= 11 is 0. The SMILES string of the molecule is Cc1cc(C)cc(N(c2cccc(-c3ccccc3)c2)c2ccc3c(c2)C(C)(C)c2cc(/C=C/c4ccc(/C=C/c5ccc6c(c5)C(C)(C)c5cc(N(c7cc(C)cc(C)c7)c7cccc(-c8ccccc8)c7)ccc5-6)cc4)ccc2-3)c1. The molecule has 11 aromatic rings. The smallest absolute Gasteiger partial charge is 0.0467 e. The second-order valence-corrected chi connectivity index (χ2v) is 23.8. The minimum atomic E-state index is -0.194. The van der Waals surface area contributed by atoms with Gasteiger partial charge < -0.3 is 9.80 Å². The van der Waals surface area contributed by atoms with Crippen LogP contribution in [0.1, 0.15) is 94.5 Å². The number of nitrogens with zero attached hydrogens (tertiary/aromatic N) is 2. The molecular formula is C80H68N2. The third kappa shape index (κ3) is 9.79.